The van der Waals surface area contributed by atoms with Crippen LogP contribution in [0.2, 0.25) is 4.82 Å². The van der Waals surface area contributed by atoms with Crippen LogP contribution in [0.5, 0.6) is 0 Å². The Balaban J connectivity index is 3.62. The summed E-state index contributed by atoms with van der Waals surface area (Å²) in [5, 5.41) is 8.22. The molecule has 0 bridgehead atoms. The van der Waals surface area contributed by atoms with Crippen LogP contribution in [0.3, 0.4) is 0 Å². The van der Waals surface area contributed by atoms with Crippen molar-refractivity contribution in [1.82, 2.24) is 0 Å². The predicted molar refractivity (Wildman–Crippen MR) is 37.4 cm³/mol. The van der Waals surface area contributed by atoms with Crippen molar-refractivity contribution in [1.29, 1.82) is 5.26 Å². The van der Waals surface area contributed by atoms with Gasteiger partial charge in [0, 0.05) is 0 Å². The van der Waals surface area contributed by atoms with Gasteiger partial charge in [-0.2, -0.15) is 0 Å². The number of carbonyl (C=O) groups excluding carboxylic acids is 1. The van der Waals surface area contributed by atoms with Gasteiger partial charge in [-0.25, -0.2) is 0 Å². The number of hydrogen-bond donors (Lipinski definition) is 0. The molecule has 3 nitrogen and oxygen atoms in total. The Bertz CT molecular complexity index is 152. The van der Waals surface area contributed by atoms with Crippen LogP contribution in [-0.2, 0) is 9.53 Å². The number of ether oxygens (including phenoxy) is 1. The molecule has 0 saturated heterocycles. The van der Waals surface area contributed by atoms with Crippen LogP contribution in [0.15, 0.2) is 0 Å². The van der Waals surface area contributed by atoms with Crippen LogP contribution in [0.4, 0.5) is 0 Å². The number of nitriles is 1. The molecule has 0 fully saturated rings. The second-order valence-corrected chi connectivity index (χ2v) is 3.96. The molecule has 0 unspecified atom stereocenters. The summed E-state index contributed by atoms with van der Waals surface area (Å²) in [6.45, 7) is 3.86. The summed E-state index contributed by atoms with van der Waals surface area (Å²) in [4.78, 5) is 12.5. The molecule has 1 atom stereocenters. The van der Waals surface area contributed by atoms with Gasteiger partial charge >= 0.3 is 66.0 Å². The van der Waals surface area contributed by atoms with Crippen molar-refractivity contribution < 1.29 is 9.53 Å². The number of nitrogens with zero attached hydrogens (tertiary/aromatic N) is 1. The molecule has 0 aliphatic rings. The molecular formula is C6H9NO2Se. The third-order valence-electron chi connectivity index (χ3n) is 0.848. The molecule has 10 heavy (non-hydrogen) atoms. The SMILES string of the molecule is CCOC(=O)[C@@H](C)[Se]C#N. The topological polar surface area (TPSA) is 50.1 Å². The fraction of sp³-hybridized carbons (Fsp3) is 0.667. The zero-order chi connectivity index (χ0) is 7.98. The maximum absolute atomic E-state index is 10.8. The molecule has 0 saturated carbocycles. The third-order valence-corrected chi connectivity index (χ3v) is 2.21. The quantitative estimate of drug-likeness (QED) is 0.500. The summed E-state index contributed by atoms with van der Waals surface area (Å²) < 4.78 is 4.68. The molecule has 0 N–H and O–H groups in total. The molecule has 0 rings (SSSR count). The van der Waals surface area contributed by atoms with E-state index in [-0.39, 0.29) is 25.7 Å². The van der Waals surface area contributed by atoms with E-state index in [1.54, 1.807) is 13.8 Å². The molecule has 56 valence electrons. The van der Waals surface area contributed by atoms with Crippen LogP contribution in [0.25, 0.3) is 0 Å². The second kappa shape index (κ2) is 5.28. The fourth-order valence-electron chi connectivity index (χ4n) is 0.387. The van der Waals surface area contributed by atoms with Gasteiger partial charge in [-0.05, 0) is 0 Å². The van der Waals surface area contributed by atoms with E-state index in [4.69, 9.17) is 5.26 Å². The molecule has 0 aliphatic heterocycles. The Kier molecular flexibility index (Phi) is 5.00. The van der Waals surface area contributed by atoms with Crippen molar-refractivity contribution in [3.8, 4) is 4.97 Å². The van der Waals surface area contributed by atoms with Gasteiger partial charge in [-0.1, -0.05) is 0 Å². The molecule has 0 amide bonds. The van der Waals surface area contributed by atoms with Gasteiger partial charge in [0.1, 0.15) is 0 Å². The minimum absolute atomic E-state index is 0.225. The Morgan fingerprint density at radius 2 is 2.50 bits per heavy atom. The van der Waals surface area contributed by atoms with E-state index in [9.17, 15) is 4.79 Å². The summed E-state index contributed by atoms with van der Waals surface area (Å²) in [6, 6.07) is 0. The fourth-order valence-corrected chi connectivity index (χ4v) is 1.06. The molecular weight excluding hydrogens is 197 g/mol. The van der Waals surface area contributed by atoms with Crippen molar-refractivity contribution in [2.75, 3.05) is 6.61 Å². The average molecular weight is 206 g/mol. The van der Waals surface area contributed by atoms with Gasteiger partial charge in [-0.3, -0.25) is 0 Å². The van der Waals surface area contributed by atoms with E-state index >= 15 is 0 Å². The first-order valence-corrected chi connectivity index (χ1v) is 4.78. The van der Waals surface area contributed by atoms with Crippen molar-refractivity contribution >= 4 is 20.9 Å². The van der Waals surface area contributed by atoms with Gasteiger partial charge in [0.25, 0.3) is 0 Å². The zero-order valence-electron chi connectivity index (χ0n) is 5.96. The summed E-state index contributed by atoms with van der Waals surface area (Å²) in [5.74, 6) is -0.260. The van der Waals surface area contributed by atoms with Gasteiger partial charge in [0.2, 0.25) is 0 Å². The van der Waals surface area contributed by atoms with Crippen LogP contribution in [-0.4, -0.2) is 27.5 Å². The van der Waals surface area contributed by atoms with Crippen LogP contribution < -0.4 is 0 Å². The molecule has 0 aliphatic carbocycles. The maximum atomic E-state index is 10.8. The van der Waals surface area contributed by atoms with E-state index in [1.165, 1.54) is 0 Å². The summed E-state index contributed by atoms with van der Waals surface area (Å²) >= 11 is -0.272. The van der Waals surface area contributed by atoms with Crippen molar-refractivity contribution in [3.05, 3.63) is 0 Å². The molecule has 4 heteroatoms. The first-order valence-electron chi connectivity index (χ1n) is 2.93. The molecule has 0 spiro atoms. The predicted octanol–water partition coefficient (Wildman–Crippen LogP) is 0.543. The Hall–Kier alpha value is -0.521. The first kappa shape index (κ1) is 9.48. The van der Waals surface area contributed by atoms with E-state index in [2.05, 4.69) is 4.74 Å². The number of rotatable bonds is 3. The number of hydrogen-bond acceptors (Lipinski definition) is 3. The van der Waals surface area contributed by atoms with E-state index in [1.807, 2.05) is 4.97 Å². The molecule has 0 heterocycles. The summed E-state index contributed by atoms with van der Waals surface area (Å²) in [7, 11) is 0. The summed E-state index contributed by atoms with van der Waals surface area (Å²) in [6.07, 6.45) is 0. The van der Waals surface area contributed by atoms with Crippen LogP contribution >= 0.6 is 0 Å². The van der Waals surface area contributed by atoms with Crippen molar-refractivity contribution in [2.24, 2.45) is 0 Å². The van der Waals surface area contributed by atoms with Gasteiger partial charge < -0.3 is 0 Å². The molecule has 0 radical (unpaired) electrons. The van der Waals surface area contributed by atoms with Crippen LogP contribution in [0.1, 0.15) is 13.8 Å². The Morgan fingerprint density at radius 1 is 1.90 bits per heavy atom. The van der Waals surface area contributed by atoms with Crippen molar-refractivity contribution in [2.45, 2.75) is 18.7 Å². The minimum atomic E-state index is -0.272. The van der Waals surface area contributed by atoms with E-state index in [0.29, 0.717) is 6.61 Å². The average Bonchev–Trinajstić information content (AvgIpc) is 1.89. The van der Waals surface area contributed by atoms with Gasteiger partial charge in [-0.15, -0.1) is 0 Å². The first-order chi connectivity index (χ1) is 4.72. The zero-order valence-corrected chi connectivity index (χ0v) is 7.67. The van der Waals surface area contributed by atoms with E-state index < -0.39 is 0 Å². The summed E-state index contributed by atoms with van der Waals surface area (Å²) in [5.41, 5.74) is 0. The van der Waals surface area contributed by atoms with Crippen LogP contribution in [0, 0.1) is 10.2 Å². The van der Waals surface area contributed by atoms with Gasteiger partial charge in [0.05, 0.1) is 0 Å². The van der Waals surface area contributed by atoms with Gasteiger partial charge in [0.15, 0.2) is 0 Å². The second-order valence-electron chi connectivity index (χ2n) is 1.60. The molecule has 0 aromatic carbocycles. The Morgan fingerprint density at radius 3 is 2.90 bits per heavy atom. The van der Waals surface area contributed by atoms with E-state index in [0.717, 1.165) is 0 Å². The monoisotopic (exact) mass is 207 g/mol. The standard InChI is InChI=1S/C6H9NO2Se/c1-3-9-6(8)5(2)10-4-7/h5H,3H2,1-2H3/t5-/m1/s1. The normalized spacial score (nSPS) is 11.7. The molecule has 0 aromatic heterocycles. The number of carbonyl (C=O) groups is 1. The number of esters is 1. The Labute approximate surface area is 66.5 Å². The molecule has 0 aromatic rings. The third kappa shape index (κ3) is 3.49. The van der Waals surface area contributed by atoms with Crippen molar-refractivity contribution in [3.63, 3.8) is 0 Å².